The quantitative estimate of drug-likeness (QED) is 0.816. The monoisotopic (exact) mass is 280 g/mol. The highest BCUT2D eigenvalue weighted by atomic mass is 16.2. The van der Waals surface area contributed by atoms with Gasteiger partial charge in [-0.05, 0) is 48.6 Å². The Morgan fingerprint density at radius 3 is 2.67 bits per heavy atom. The topological polar surface area (TPSA) is 46.3 Å². The molecule has 0 radical (unpaired) electrons. The summed E-state index contributed by atoms with van der Waals surface area (Å²) in [6.45, 7) is 3.43. The molecule has 108 valence electrons. The van der Waals surface area contributed by atoms with E-state index in [0.29, 0.717) is 17.8 Å². The van der Waals surface area contributed by atoms with E-state index in [9.17, 15) is 4.79 Å². The van der Waals surface area contributed by atoms with Gasteiger partial charge in [-0.15, -0.1) is 0 Å². The highest BCUT2D eigenvalue weighted by Crippen LogP contribution is 2.22. The molecule has 3 rings (SSSR count). The second kappa shape index (κ2) is 5.60. The van der Waals surface area contributed by atoms with Gasteiger partial charge < -0.3 is 10.6 Å². The second-order valence-electron chi connectivity index (χ2n) is 5.69. The molecule has 2 aromatic rings. The SMILES string of the molecule is Cc1ccc(C(=O)N2CCCc3ccccc3C2)c(N)c1. The number of anilines is 1. The molecule has 0 saturated carbocycles. The van der Waals surface area contributed by atoms with E-state index in [1.807, 2.05) is 36.1 Å². The number of fused-ring (bicyclic) bond motifs is 1. The lowest BCUT2D eigenvalue weighted by atomic mass is 10.0. The molecule has 0 fully saturated rings. The van der Waals surface area contributed by atoms with Crippen LogP contribution in [0.15, 0.2) is 42.5 Å². The number of hydrogen-bond donors (Lipinski definition) is 1. The molecule has 1 aliphatic rings. The number of nitrogen functional groups attached to an aromatic ring is 1. The van der Waals surface area contributed by atoms with E-state index >= 15 is 0 Å². The molecule has 2 aromatic carbocycles. The molecule has 2 N–H and O–H groups in total. The number of carbonyl (C=O) groups excluding carboxylic acids is 1. The number of amides is 1. The Labute approximate surface area is 125 Å². The maximum absolute atomic E-state index is 12.7. The summed E-state index contributed by atoms with van der Waals surface area (Å²) in [5, 5.41) is 0. The predicted octanol–water partition coefficient (Wildman–Crippen LogP) is 3.17. The summed E-state index contributed by atoms with van der Waals surface area (Å²) >= 11 is 0. The molecule has 3 nitrogen and oxygen atoms in total. The molecule has 0 bridgehead atoms. The summed E-state index contributed by atoms with van der Waals surface area (Å²) in [6.07, 6.45) is 2.03. The van der Waals surface area contributed by atoms with Gasteiger partial charge >= 0.3 is 0 Å². The van der Waals surface area contributed by atoms with Gasteiger partial charge in [-0.1, -0.05) is 30.3 Å². The minimum Gasteiger partial charge on any atom is -0.398 e. The van der Waals surface area contributed by atoms with Crippen molar-refractivity contribution in [2.45, 2.75) is 26.3 Å². The van der Waals surface area contributed by atoms with E-state index in [0.717, 1.165) is 24.9 Å². The second-order valence-corrected chi connectivity index (χ2v) is 5.69. The Morgan fingerprint density at radius 1 is 1.14 bits per heavy atom. The molecule has 1 aliphatic heterocycles. The number of aryl methyl sites for hydroxylation is 2. The van der Waals surface area contributed by atoms with E-state index in [-0.39, 0.29) is 5.91 Å². The van der Waals surface area contributed by atoms with Crippen LogP contribution in [0.5, 0.6) is 0 Å². The number of nitrogens with zero attached hydrogens (tertiary/aromatic N) is 1. The number of hydrogen-bond acceptors (Lipinski definition) is 2. The standard InChI is InChI=1S/C18H20N2O/c1-13-8-9-16(17(19)11-13)18(21)20-10-4-7-14-5-2-3-6-15(14)12-20/h2-3,5-6,8-9,11H,4,7,10,12,19H2,1H3. The third-order valence-corrected chi connectivity index (χ3v) is 4.08. The van der Waals surface area contributed by atoms with E-state index in [4.69, 9.17) is 5.73 Å². The van der Waals surface area contributed by atoms with Crippen LogP contribution in [-0.4, -0.2) is 17.4 Å². The Bertz CT molecular complexity index is 679. The van der Waals surface area contributed by atoms with Crippen LogP contribution in [0, 0.1) is 6.92 Å². The van der Waals surface area contributed by atoms with Crippen LogP contribution in [-0.2, 0) is 13.0 Å². The minimum atomic E-state index is 0.0317. The molecule has 0 aromatic heterocycles. The van der Waals surface area contributed by atoms with Gasteiger partial charge in [0, 0.05) is 18.8 Å². The fourth-order valence-corrected chi connectivity index (χ4v) is 2.92. The minimum absolute atomic E-state index is 0.0317. The smallest absolute Gasteiger partial charge is 0.256 e. The lowest BCUT2D eigenvalue weighted by Crippen LogP contribution is -2.31. The zero-order chi connectivity index (χ0) is 14.8. The number of carbonyl (C=O) groups is 1. The zero-order valence-electron chi connectivity index (χ0n) is 12.3. The first-order chi connectivity index (χ1) is 10.1. The molecular weight excluding hydrogens is 260 g/mol. The summed E-state index contributed by atoms with van der Waals surface area (Å²) in [7, 11) is 0. The average Bonchev–Trinajstić information content (AvgIpc) is 2.68. The first-order valence-corrected chi connectivity index (χ1v) is 7.37. The molecule has 1 amide bonds. The van der Waals surface area contributed by atoms with Crippen molar-refractivity contribution in [1.82, 2.24) is 4.90 Å². The summed E-state index contributed by atoms with van der Waals surface area (Å²) < 4.78 is 0. The molecular formula is C18H20N2O. The van der Waals surface area contributed by atoms with Crippen LogP contribution in [0.1, 0.15) is 33.5 Å². The summed E-state index contributed by atoms with van der Waals surface area (Å²) in [5.74, 6) is 0.0317. The predicted molar refractivity (Wildman–Crippen MR) is 85.1 cm³/mol. The van der Waals surface area contributed by atoms with E-state index in [1.165, 1.54) is 11.1 Å². The highest BCUT2D eigenvalue weighted by Gasteiger charge is 2.21. The highest BCUT2D eigenvalue weighted by molar-refractivity contribution is 5.99. The maximum Gasteiger partial charge on any atom is 0.256 e. The van der Waals surface area contributed by atoms with Crippen LogP contribution < -0.4 is 5.73 Å². The molecule has 0 aliphatic carbocycles. The van der Waals surface area contributed by atoms with Gasteiger partial charge in [0.05, 0.1) is 5.56 Å². The Morgan fingerprint density at radius 2 is 1.90 bits per heavy atom. The summed E-state index contributed by atoms with van der Waals surface area (Å²) in [6, 6.07) is 14.0. The van der Waals surface area contributed by atoms with Crippen molar-refractivity contribution in [3.05, 3.63) is 64.7 Å². The third kappa shape index (κ3) is 2.77. The van der Waals surface area contributed by atoms with Gasteiger partial charge in [0.1, 0.15) is 0 Å². The van der Waals surface area contributed by atoms with Crippen molar-refractivity contribution in [2.24, 2.45) is 0 Å². The zero-order valence-corrected chi connectivity index (χ0v) is 12.3. The van der Waals surface area contributed by atoms with Crippen molar-refractivity contribution in [1.29, 1.82) is 0 Å². The molecule has 0 unspecified atom stereocenters. The lowest BCUT2D eigenvalue weighted by Gasteiger charge is -2.22. The van der Waals surface area contributed by atoms with Gasteiger partial charge in [0.2, 0.25) is 0 Å². The average molecular weight is 280 g/mol. The Hall–Kier alpha value is -2.29. The number of rotatable bonds is 1. The van der Waals surface area contributed by atoms with Crippen molar-refractivity contribution in [3.8, 4) is 0 Å². The molecule has 0 spiro atoms. The van der Waals surface area contributed by atoms with Crippen LogP contribution in [0.3, 0.4) is 0 Å². The van der Waals surface area contributed by atoms with Crippen LogP contribution >= 0.6 is 0 Å². The summed E-state index contributed by atoms with van der Waals surface area (Å²) in [5.41, 5.74) is 10.9. The van der Waals surface area contributed by atoms with Gasteiger partial charge in [-0.2, -0.15) is 0 Å². The largest absolute Gasteiger partial charge is 0.398 e. The normalized spacial score (nSPS) is 14.4. The van der Waals surface area contributed by atoms with Crippen molar-refractivity contribution in [3.63, 3.8) is 0 Å². The van der Waals surface area contributed by atoms with Crippen molar-refractivity contribution in [2.75, 3.05) is 12.3 Å². The fourth-order valence-electron chi connectivity index (χ4n) is 2.92. The van der Waals surface area contributed by atoms with Gasteiger partial charge in [0.25, 0.3) is 5.91 Å². The lowest BCUT2D eigenvalue weighted by molar-refractivity contribution is 0.0747. The van der Waals surface area contributed by atoms with Crippen LogP contribution in [0.25, 0.3) is 0 Å². The first-order valence-electron chi connectivity index (χ1n) is 7.37. The van der Waals surface area contributed by atoms with Crippen molar-refractivity contribution >= 4 is 11.6 Å². The molecule has 3 heteroatoms. The van der Waals surface area contributed by atoms with Crippen molar-refractivity contribution < 1.29 is 4.79 Å². The molecule has 0 saturated heterocycles. The maximum atomic E-state index is 12.7. The number of benzene rings is 2. The number of nitrogens with two attached hydrogens (primary N) is 1. The Balaban J connectivity index is 1.88. The third-order valence-electron chi connectivity index (χ3n) is 4.08. The first kappa shape index (κ1) is 13.7. The van der Waals surface area contributed by atoms with Crippen LogP contribution in [0.2, 0.25) is 0 Å². The van der Waals surface area contributed by atoms with E-state index in [1.54, 1.807) is 0 Å². The van der Waals surface area contributed by atoms with E-state index < -0.39 is 0 Å². The van der Waals surface area contributed by atoms with Gasteiger partial charge in [-0.25, -0.2) is 0 Å². The molecule has 21 heavy (non-hydrogen) atoms. The Kier molecular flexibility index (Phi) is 3.65. The van der Waals surface area contributed by atoms with Crippen LogP contribution in [0.4, 0.5) is 5.69 Å². The van der Waals surface area contributed by atoms with E-state index in [2.05, 4.69) is 18.2 Å². The van der Waals surface area contributed by atoms with Gasteiger partial charge in [-0.3, -0.25) is 4.79 Å². The summed E-state index contributed by atoms with van der Waals surface area (Å²) in [4.78, 5) is 14.6. The molecule has 0 atom stereocenters. The van der Waals surface area contributed by atoms with Gasteiger partial charge in [0.15, 0.2) is 0 Å². The fraction of sp³-hybridized carbons (Fsp3) is 0.278. The molecule has 1 heterocycles.